The SMILES string of the molecule is CCCCC1CCC(C2CCC(C3CCC(c4ccc(C)cc4)CC3)CC2)CC1. The Bertz CT molecular complexity index is 575. The van der Waals surface area contributed by atoms with Gasteiger partial charge in [0.05, 0.1) is 0 Å². The predicted octanol–water partition coefficient (Wildman–Crippen LogP) is 9.07. The quantitative estimate of drug-likeness (QED) is 0.451. The van der Waals surface area contributed by atoms with Crippen molar-refractivity contribution in [1.29, 1.82) is 0 Å². The van der Waals surface area contributed by atoms with Crippen LogP contribution >= 0.6 is 0 Å². The highest BCUT2D eigenvalue weighted by Crippen LogP contribution is 2.47. The molecule has 0 saturated heterocycles. The summed E-state index contributed by atoms with van der Waals surface area (Å²) in [5.74, 6) is 6.19. The van der Waals surface area contributed by atoms with Gasteiger partial charge in [-0.2, -0.15) is 0 Å². The van der Waals surface area contributed by atoms with Crippen molar-refractivity contribution in [2.45, 2.75) is 116 Å². The summed E-state index contributed by atoms with van der Waals surface area (Å²) in [6, 6.07) is 9.39. The van der Waals surface area contributed by atoms with E-state index < -0.39 is 0 Å². The largest absolute Gasteiger partial charge is 0.0654 e. The van der Waals surface area contributed by atoms with Crippen molar-refractivity contribution >= 4 is 0 Å². The Morgan fingerprint density at radius 1 is 0.621 bits per heavy atom. The maximum Gasteiger partial charge on any atom is -0.0162 e. The van der Waals surface area contributed by atoms with Crippen molar-refractivity contribution in [3.63, 3.8) is 0 Å². The number of hydrogen-bond donors (Lipinski definition) is 0. The summed E-state index contributed by atoms with van der Waals surface area (Å²) >= 11 is 0. The molecule has 0 aliphatic heterocycles. The highest BCUT2D eigenvalue weighted by atomic mass is 14.4. The first-order valence-electron chi connectivity index (χ1n) is 13.3. The van der Waals surface area contributed by atoms with Crippen LogP contribution in [0.25, 0.3) is 0 Å². The number of aryl methyl sites for hydroxylation is 1. The van der Waals surface area contributed by atoms with Gasteiger partial charge in [-0.1, -0.05) is 68.9 Å². The molecule has 0 aromatic heterocycles. The molecule has 0 heteroatoms. The van der Waals surface area contributed by atoms with Crippen molar-refractivity contribution in [2.75, 3.05) is 0 Å². The van der Waals surface area contributed by atoms with Gasteiger partial charge in [-0.25, -0.2) is 0 Å². The number of benzene rings is 1. The van der Waals surface area contributed by atoms with Gasteiger partial charge >= 0.3 is 0 Å². The molecule has 0 nitrogen and oxygen atoms in total. The van der Waals surface area contributed by atoms with Crippen LogP contribution in [0.15, 0.2) is 24.3 Å². The molecular formula is C29H46. The van der Waals surface area contributed by atoms with Crippen LogP contribution in [0.2, 0.25) is 0 Å². The normalized spacial score (nSPS) is 36.1. The van der Waals surface area contributed by atoms with Crippen LogP contribution in [-0.4, -0.2) is 0 Å². The van der Waals surface area contributed by atoms with Crippen LogP contribution in [-0.2, 0) is 0 Å². The van der Waals surface area contributed by atoms with Crippen LogP contribution in [0.1, 0.15) is 120 Å². The van der Waals surface area contributed by atoms with Crippen LogP contribution in [0.4, 0.5) is 0 Å². The molecule has 3 saturated carbocycles. The van der Waals surface area contributed by atoms with Crippen LogP contribution in [0.3, 0.4) is 0 Å². The molecule has 1 aromatic carbocycles. The number of unbranched alkanes of at least 4 members (excludes halogenated alkanes) is 1. The molecule has 3 fully saturated rings. The van der Waals surface area contributed by atoms with Crippen molar-refractivity contribution in [3.05, 3.63) is 35.4 Å². The lowest BCUT2D eigenvalue weighted by Crippen LogP contribution is -2.29. The van der Waals surface area contributed by atoms with Crippen molar-refractivity contribution in [2.24, 2.45) is 29.6 Å². The average Bonchev–Trinajstić information content (AvgIpc) is 2.79. The third-order valence-corrected chi connectivity index (χ3v) is 9.33. The number of hydrogen-bond acceptors (Lipinski definition) is 0. The molecule has 0 radical (unpaired) electrons. The molecule has 0 heterocycles. The molecule has 29 heavy (non-hydrogen) atoms. The monoisotopic (exact) mass is 394 g/mol. The smallest absolute Gasteiger partial charge is 0.0162 e. The van der Waals surface area contributed by atoms with Crippen LogP contribution in [0.5, 0.6) is 0 Å². The lowest BCUT2D eigenvalue weighted by atomic mass is 9.64. The fourth-order valence-corrected chi connectivity index (χ4v) is 7.29. The summed E-state index contributed by atoms with van der Waals surface area (Å²) in [4.78, 5) is 0. The van der Waals surface area contributed by atoms with E-state index in [9.17, 15) is 0 Å². The molecule has 0 amide bonds. The standard InChI is InChI=1S/C29H46/c1-3-4-5-23-8-12-25(13-9-23)27-16-20-29(21-17-27)28-18-14-26(15-19-28)24-10-6-22(2)7-11-24/h6-7,10-11,23,25-29H,3-5,8-9,12-21H2,1-2H3. The van der Waals surface area contributed by atoms with E-state index in [-0.39, 0.29) is 0 Å². The summed E-state index contributed by atoms with van der Waals surface area (Å²) in [7, 11) is 0. The van der Waals surface area contributed by atoms with Gasteiger partial charge in [0.1, 0.15) is 0 Å². The summed E-state index contributed by atoms with van der Waals surface area (Å²) in [5, 5.41) is 0. The maximum atomic E-state index is 2.39. The molecule has 4 rings (SSSR count). The van der Waals surface area contributed by atoms with Gasteiger partial charge in [0.25, 0.3) is 0 Å². The minimum atomic E-state index is 0.839. The Kier molecular flexibility index (Phi) is 7.77. The van der Waals surface area contributed by atoms with E-state index in [1.54, 1.807) is 56.9 Å². The Balaban J connectivity index is 1.17. The Morgan fingerprint density at radius 3 is 1.55 bits per heavy atom. The van der Waals surface area contributed by atoms with E-state index in [1.165, 1.54) is 50.5 Å². The second-order valence-corrected chi connectivity index (χ2v) is 11.1. The molecular weight excluding hydrogens is 348 g/mol. The molecule has 0 bridgehead atoms. The second-order valence-electron chi connectivity index (χ2n) is 11.1. The topological polar surface area (TPSA) is 0 Å². The lowest BCUT2D eigenvalue weighted by molar-refractivity contribution is 0.108. The zero-order valence-corrected chi connectivity index (χ0v) is 19.4. The molecule has 1 aromatic rings. The van der Waals surface area contributed by atoms with E-state index >= 15 is 0 Å². The third kappa shape index (κ3) is 5.68. The van der Waals surface area contributed by atoms with Gasteiger partial charge in [0.2, 0.25) is 0 Å². The predicted molar refractivity (Wildman–Crippen MR) is 126 cm³/mol. The molecule has 3 aliphatic rings. The Hall–Kier alpha value is -0.780. The van der Waals surface area contributed by atoms with E-state index in [4.69, 9.17) is 0 Å². The fourth-order valence-electron chi connectivity index (χ4n) is 7.29. The zero-order chi connectivity index (χ0) is 20.1. The lowest BCUT2D eigenvalue weighted by Gasteiger charge is -2.41. The van der Waals surface area contributed by atoms with E-state index in [0.29, 0.717) is 0 Å². The van der Waals surface area contributed by atoms with E-state index in [1.807, 2.05) is 0 Å². The second kappa shape index (κ2) is 10.5. The van der Waals surface area contributed by atoms with Gasteiger partial charge in [0, 0.05) is 0 Å². The highest BCUT2D eigenvalue weighted by Gasteiger charge is 2.34. The fraction of sp³-hybridized carbons (Fsp3) is 0.793. The maximum absolute atomic E-state index is 2.39. The van der Waals surface area contributed by atoms with Crippen molar-refractivity contribution in [1.82, 2.24) is 0 Å². The van der Waals surface area contributed by atoms with Gasteiger partial charge in [-0.3, -0.25) is 0 Å². The highest BCUT2D eigenvalue weighted by molar-refractivity contribution is 5.24. The van der Waals surface area contributed by atoms with Gasteiger partial charge in [-0.15, -0.1) is 0 Å². The van der Waals surface area contributed by atoms with Crippen molar-refractivity contribution < 1.29 is 0 Å². The Morgan fingerprint density at radius 2 is 1.07 bits per heavy atom. The van der Waals surface area contributed by atoms with E-state index in [2.05, 4.69) is 38.1 Å². The molecule has 0 N–H and O–H groups in total. The third-order valence-electron chi connectivity index (χ3n) is 9.33. The summed E-state index contributed by atoms with van der Waals surface area (Å²) in [6.07, 6.45) is 22.7. The Labute approximate surface area is 181 Å². The molecule has 0 atom stereocenters. The van der Waals surface area contributed by atoms with Crippen LogP contribution < -0.4 is 0 Å². The first-order chi connectivity index (χ1) is 14.2. The minimum Gasteiger partial charge on any atom is -0.0654 e. The van der Waals surface area contributed by atoms with Gasteiger partial charge < -0.3 is 0 Å². The summed E-state index contributed by atoms with van der Waals surface area (Å²) in [6.45, 7) is 4.55. The van der Waals surface area contributed by atoms with Gasteiger partial charge in [-0.05, 0) is 112 Å². The first kappa shape index (κ1) is 21.5. The molecule has 162 valence electrons. The zero-order valence-electron chi connectivity index (χ0n) is 19.4. The summed E-state index contributed by atoms with van der Waals surface area (Å²) in [5.41, 5.74) is 3.00. The molecule has 3 aliphatic carbocycles. The van der Waals surface area contributed by atoms with Crippen LogP contribution in [0, 0.1) is 36.5 Å². The van der Waals surface area contributed by atoms with Gasteiger partial charge in [0.15, 0.2) is 0 Å². The van der Waals surface area contributed by atoms with E-state index in [0.717, 1.165) is 35.5 Å². The molecule has 0 spiro atoms. The summed E-state index contributed by atoms with van der Waals surface area (Å²) < 4.78 is 0. The number of rotatable bonds is 6. The molecule has 0 unspecified atom stereocenters. The average molecular weight is 395 g/mol. The first-order valence-corrected chi connectivity index (χ1v) is 13.3. The van der Waals surface area contributed by atoms with Crippen molar-refractivity contribution in [3.8, 4) is 0 Å². The minimum absolute atomic E-state index is 0.839.